The summed E-state index contributed by atoms with van der Waals surface area (Å²) in [5.74, 6) is 0.833. The van der Waals surface area contributed by atoms with Crippen molar-refractivity contribution < 1.29 is 4.39 Å². The number of nitrogens with one attached hydrogen (secondary N) is 1. The molecular formula is C18H21FN2. The van der Waals surface area contributed by atoms with Crippen molar-refractivity contribution in [3.63, 3.8) is 0 Å². The lowest BCUT2D eigenvalue weighted by Gasteiger charge is -2.21. The van der Waals surface area contributed by atoms with Crippen LogP contribution in [0.5, 0.6) is 0 Å². The fourth-order valence-corrected chi connectivity index (χ4v) is 3.03. The van der Waals surface area contributed by atoms with E-state index in [1.165, 1.54) is 17.8 Å². The van der Waals surface area contributed by atoms with Gasteiger partial charge < -0.3 is 5.32 Å². The molecule has 110 valence electrons. The Morgan fingerprint density at radius 3 is 2.52 bits per heavy atom. The van der Waals surface area contributed by atoms with Gasteiger partial charge in [-0.1, -0.05) is 44.2 Å². The van der Waals surface area contributed by atoms with Crippen molar-refractivity contribution in [2.75, 3.05) is 0 Å². The zero-order chi connectivity index (χ0) is 14.8. The van der Waals surface area contributed by atoms with Gasteiger partial charge in [-0.25, -0.2) is 4.39 Å². The van der Waals surface area contributed by atoms with E-state index >= 15 is 0 Å². The fourth-order valence-electron chi connectivity index (χ4n) is 3.03. The number of aromatic nitrogens is 1. The van der Waals surface area contributed by atoms with Gasteiger partial charge in [0, 0.05) is 6.04 Å². The van der Waals surface area contributed by atoms with Gasteiger partial charge in [0.25, 0.3) is 0 Å². The van der Waals surface area contributed by atoms with Crippen LogP contribution in [0, 0.1) is 11.7 Å². The van der Waals surface area contributed by atoms with Gasteiger partial charge in [0.15, 0.2) is 0 Å². The summed E-state index contributed by atoms with van der Waals surface area (Å²) >= 11 is 0. The van der Waals surface area contributed by atoms with Crippen LogP contribution in [0.4, 0.5) is 4.39 Å². The Kier molecular flexibility index (Phi) is 4.02. The summed E-state index contributed by atoms with van der Waals surface area (Å²) in [6.45, 7) is 4.27. The van der Waals surface area contributed by atoms with Crippen LogP contribution in [0.1, 0.15) is 43.5 Å². The van der Waals surface area contributed by atoms with Crippen LogP contribution >= 0.6 is 0 Å². The summed E-state index contributed by atoms with van der Waals surface area (Å²) in [6.07, 6.45) is 2.47. The number of hydrogen-bond donors (Lipinski definition) is 1. The molecule has 0 radical (unpaired) electrons. The third kappa shape index (κ3) is 3.30. The van der Waals surface area contributed by atoms with Crippen LogP contribution in [0.25, 0.3) is 0 Å². The van der Waals surface area contributed by atoms with Crippen LogP contribution in [0.15, 0.2) is 48.7 Å². The van der Waals surface area contributed by atoms with Gasteiger partial charge in [0.2, 0.25) is 0 Å². The van der Waals surface area contributed by atoms with Crippen LogP contribution < -0.4 is 5.32 Å². The first-order valence-electron chi connectivity index (χ1n) is 7.57. The Bertz CT molecular complexity index is 580. The van der Waals surface area contributed by atoms with E-state index < -0.39 is 0 Å². The normalized spacial score (nSPS) is 22.3. The Morgan fingerprint density at radius 2 is 1.90 bits per heavy atom. The maximum Gasteiger partial charge on any atom is 0.141 e. The third-order valence-electron chi connectivity index (χ3n) is 4.08. The fraction of sp³-hybridized carbons (Fsp3) is 0.389. The smallest absolute Gasteiger partial charge is 0.141 e. The number of hydrogen-bond acceptors (Lipinski definition) is 2. The van der Waals surface area contributed by atoms with Gasteiger partial charge in [-0.3, -0.25) is 4.98 Å². The van der Waals surface area contributed by atoms with Gasteiger partial charge in [-0.05, 0) is 36.0 Å². The molecule has 1 N–H and O–H groups in total. The largest absolute Gasteiger partial charge is 0.306 e. The van der Waals surface area contributed by atoms with E-state index in [0.29, 0.717) is 17.9 Å². The van der Waals surface area contributed by atoms with E-state index in [0.717, 1.165) is 12.1 Å². The molecule has 0 amide bonds. The van der Waals surface area contributed by atoms with Gasteiger partial charge >= 0.3 is 0 Å². The van der Waals surface area contributed by atoms with E-state index in [4.69, 9.17) is 0 Å². The molecular weight excluding hydrogens is 263 g/mol. The van der Waals surface area contributed by atoms with Crippen molar-refractivity contribution >= 4 is 0 Å². The molecule has 0 spiro atoms. The van der Waals surface area contributed by atoms with Crippen molar-refractivity contribution in [1.82, 2.24) is 10.3 Å². The first-order valence-corrected chi connectivity index (χ1v) is 7.57. The number of rotatable bonds is 5. The van der Waals surface area contributed by atoms with Crippen LogP contribution in [-0.4, -0.2) is 11.0 Å². The van der Waals surface area contributed by atoms with Crippen molar-refractivity contribution in [1.29, 1.82) is 0 Å². The predicted molar refractivity (Wildman–Crippen MR) is 82.5 cm³/mol. The quantitative estimate of drug-likeness (QED) is 0.895. The van der Waals surface area contributed by atoms with E-state index in [1.807, 2.05) is 6.07 Å². The number of nitrogens with zero attached hydrogens (tertiary/aromatic N) is 1. The van der Waals surface area contributed by atoms with Crippen molar-refractivity contribution in [2.24, 2.45) is 5.92 Å². The van der Waals surface area contributed by atoms with E-state index in [9.17, 15) is 4.39 Å². The molecule has 0 aliphatic heterocycles. The van der Waals surface area contributed by atoms with Crippen LogP contribution in [-0.2, 0) is 0 Å². The minimum Gasteiger partial charge on any atom is -0.306 e. The summed E-state index contributed by atoms with van der Waals surface area (Å²) in [5, 5.41) is 3.59. The van der Waals surface area contributed by atoms with Gasteiger partial charge in [-0.2, -0.15) is 0 Å². The highest BCUT2D eigenvalue weighted by Crippen LogP contribution is 2.53. The Labute approximate surface area is 125 Å². The van der Waals surface area contributed by atoms with E-state index in [-0.39, 0.29) is 11.9 Å². The highest BCUT2D eigenvalue weighted by Gasteiger charge is 2.44. The Balaban J connectivity index is 1.80. The second-order valence-electron chi connectivity index (χ2n) is 6.12. The van der Waals surface area contributed by atoms with Crippen LogP contribution in [0.3, 0.4) is 0 Å². The maximum atomic E-state index is 13.1. The van der Waals surface area contributed by atoms with Gasteiger partial charge in [0.05, 0.1) is 17.9 Å². The molecule has 1 aromatic heterocycles. The molecule has 2 aromatic rings. The zero-order valence-electron chi connectivity index (χ0n) is 12.5. The van der Waals surface area contributed by atoms with Crippen molar-refractivity contribution in [2.45, 2.75) is 38.3 Å². The number of pyridine rings is 1. The van der Waals surface area contributed by atoms with E-state index in [1.54, 1.807) is 6.07 Å². The van der Waals surface area contributed by atoms with Gasteiger partial charge in [0.1, 0.15) is 5.82 Å². The molecule has 3 rings (SSSR count). The average Bonchev–Trinajstić information content (AvgIpc) is 3.27. The molecule has 0 bridgehead atoms. The molecule has 1 aliphatic rings. The summed E-state index contributed by atoms with van der Waals surface area (Å²) in [4.78, 5) is 4.28. The molecule has 1 aliphatic carbocycles. The molecule has 3 atom stereocenters. The first-order chi connectivity index (χ1) is 10.1. The van der Waals surface area contributed by atoms with E-state index in [2.05, 4.69) is 48.4 Å². The molecule has 2 nitrogen and oxygen atoms in total. The lowest BCUT2D eigenvalue weighted by Crippen LogP contribution is -2.30. The topological polar surface area (TPSA) is 24.9 Å². The molecule has 21 heavy (non-hydrogen) atoms. The standard InChI is InChI=1S/C18H21FN2/c1-12(2)21-18(17-9-8-14(19)11-20-17)16-10-15(16)13-6-4-3-5-7-13/h3-9,11-12,15-16,18,21H,10H2,1-2H3. The molecule has 3 heteroatoms. The minimum absolute atomic E-state index is 0.191. The van der Waals surface area contributed by atoms with Crippen molar-refractivity contribution in [3.05, 3.63) is 65.7 Å². The molecule has 1 saturated carbocycles. The van der Waals surface area contributed by atoms with Gasteiger partial charge in [-0.15, -0.1) is 0 Å². The lowest BCUT2D eigenvalue weighted by molar-refractivity contribution is 0.421. The highest BCUT2D eigenvalue weighted by atomic mass is 19.1. The summed E-state index contributed by atoms with van der Waals surface area (Å²) in [6, 6.07) is 14.5. The lowest BCUT2D eigenvalue weighted by atomic mass is 10.0. The summed E-state index contributed by atoms with van der Waals surface area (Å²) in [7, 11) is 0. The number of halogens is 1. The second kappa shape index (κ2) is 5.94. The predicted octanol–water partition coefficient (Wildman–Crippen LogP) is 4.06. The Morgan fingerprint density at radius 1 is 1.14 bits per heavy atom. The maximum absolute atomic E-state index is 13.1. The average molecular weight is 284 g/mol. The molecule has 3 unspecified atom stereocenters. The monoisotopic (exact) mass is 284 g/mol. The minimum atomic E-state index is -0.280. The number of benzene rings is 1. The third-order valence-corrected chi connectivity index (χ3v) is 4.08. The van der Waals surface area contributed by atoms with Crippen LogP contribution in [0.2, 0.25) is 0 Å². The summed E-state index contributed by atoms with van der Waals surface area (Å²) in [5.41, 5.74) is 2.33. The highest BCUT2D eigenvalue weighted by molar-refractivity contribution is 5.28. The Hall–Kier alpha value is -1.74. The molecule has 0 saturated heterocycles. The molecule has 1 heterocycles. The molecule has 1 aromatic carbocycles. The van der Waals surface area contributed by atoms with Crippen molar-refractivity contribution in [3.8, 4) is 0 Å². The zero-order valence-corrected chi connectivity index (χ0v) is 12.5. The SMILES string of the molecule is CC(C)NC(c1ccc(F)cn1)C1CC1c1ccccc1. The first kappa shape index (κ1) is 14.2. The summed E-state index contributed by atoms with van der Waals surface area (Å²) < 4.78 is 13.1. The second-order valence-corrected chi connectivity index (χ2v) is 6.12. The molecule has 1 fully saturated rings.